The highest BCUT2D eigenvalue weighted by Gasteiger charge is 2.02. The van der Waals surface area contributed by atoms with Crippen molar-refractivity contribution in [3.63, 3.8) is 0 Å². The van der Waals surface area contributed by atoms with E-state index in [1.807, 2.05) is 48.7 Å². The number of aromatic nitrogens is 3. The van der Waals surface area contributed by atoms with Gasteiger partial charge in [-0.2, -0.15) is 0 Å². The fourth-order valence-corrected chi connectivity index (χ4v) is 1.94. The quantitative estimate of drug-likeness (QED) is 0.648. The number of H-pyrrole nitrogens is 1. The van der Waals surface area contributed by atoms with E-state index >= 15 is 0 Å². The van der Waals surface area contributed by atoms with E-state index in [-0.39, 0.29) is 0 Å². The molecule has 0 spiro atoms. The lowest BCUT2D eigenvalue weighted by Gasteiger charge is -2.01. The highest BCUT2D eigenvalue weighted by Crippen LogP contribution is 2.17. The van der Waals surface area contributed by atoms with Crippen LogP contribution in [-0.2, 0) is 0 Å². The number of fused-ring (bicyclic) bond motifs is 1. The Hall–Kier alpha value is -1.94. The van der Waals surface area contributed by atoms with Crippen LogP contribution in [-0.4, -0.2) is 14.6 Å². The van der Waals surface area contributed by atoms with Crippen LogP contribution in [0.4, 0.5) is 0 Å². The second-order valence-electron chi connectivity index (χ2n) is 3.50. The first-order chi connectivity index (χ1) is 7.84. The molecule has 0 saturated heterocycles. The Balaban J connectivity index is 2.30. The summed E-state index contributed by atoms with van der Waals surface area (Å²) in [4.78, 5) is 4.53. The molecule has 4 heteroatoms. The van der Waals surface area contributed by atoms with E-state index in [1.165, 1.54) is 0 Å². The fourth-order valence-electron chi connectivity index (χ4n) is 1.68. The van der Waals surface area contributed by atoms with E-state index in [9.17, 15) is 0 Å². The van der Waals surface area contributed by atoms with Gasteiger partial charge >= 0.3 is 0 Å². The highest BCUT2D eigenvalue weighted by atomic mass is 32.1. The Morgan fingerprint density at radius 3 is 2.75 bits per heavy atom. The van der Waals surface area contributed by atoms with Crippen LogP contribution in [0, 0.1) is 4.64 Å². The molecule has 2 aromatic heterocycles. The van der Waals surface area contributed by atoms with Crippen LogP contribution in [0.25, 0.3) is 16.9 Å². The molecular weight excluding hydrogens is 218 g/mol. The van der Waals surface area contributed by atoms with Gasteiger partial charge in [-0.3, -0.25) is 5.10 Å². The molecule has 0 aliphatic heterocycles. The molecule has 0 unspecified atom stereocenters. The molecule has 2 heterocycles. The van der Waals surface area contributed by atoms with Gasteiger partial charge in [-0.1, -0.05) is 42.5 Å². The van der Waals surface area contributed by atoms with Crippen molar-refractivity contribution in [1.29, 1.82) is 0 Å². The van der Waals surface area contributed by atoms with Gasteiger partial charge in [0.2, 0.25) is 0 Å². The number of benzene rings is 1. The molecule has 0 aliphatic carbocycles. The summed E-state index contributed by atoms with van der Waals surface area (Å²) < 4.78 is 2.51. The van der Waals surface area contributed by atoms with Gasteiger partial charge in [0.05, 0.1) is 5.69 Å². The van der Waals surface area contributed by atoms with Crippen molar-refractivity contribution in [3.05, 3.63) is 53.3 Å². The van der Waals surface area contributed by atoms with Crippen molar-refractivity contribution in [3.8, 4) is 11.3 Å². The monoisotopic (exact) mass is 227 g/mol. The van der Waals surface area contributed by atoms with Gasteiger partial charge < -0.3 is 0 Å². The molecule has 1 N–H and O–H groups in total. The largest absolute Gasteiger partial charge is 0.299 e. The topological polar surface area (TPSA) is 33.1 Å². The lowest BCUT2D eigenvalue weighted by molar-refractivity contribution is 0.926. The van der Waals surface area contributed by atoms with Crippen LogP contribution in [0.5, 0.6) is 0 Å². The molecule has 0 radical (unpaired) electrons. The van der Waals surface area contributed by atoms with Crippen LogP contribution in [0.3, 0.4) is 0 Å². The third kappa shape index (κ3) is 1.44. The van der Waals surface area contributed by atoms with Crippen molar-refractivity contribution >= 4 is 17.9 Å². The van der Waals surface area contributed by atoms with Crippen LogP contribution in [0.15, 0.2) is 48.7 Å². The first-order valence-electron chi connectivity index (χ1n) is 4.97. The van der Waals surface area contributed by atoms with E-state index < -0.39 is 0 Å². The number of hydrogen-bond acceptors (Lipinski definition) is 2. The van der Waals surface area contributed by atoms with Crippen LogP contribution >= 0.6 is 12.2 Å². The van der Waals surface area contributed by atoms with Crippen molar-refractivity contribution in [1.82, 2.24) is 14.6 Å². The summed E-state index contributed by atoms with van der Waals surface area (Å²) in [6.45, 7) is 0. The Labute approximate surface area is 97.4 Å². The van der Waals surface area contributed by atoms with Crippen molar-refractivity contribution < 1.29 is 0 Å². The molecule has 0 bridgehead atoms. The smallest absolute Gasteiger partial charge is 0.154 e. The summed E-state index contributed by atoms with van der Waals surface area (Å²) >= 11 is 5.29. The van der Waals surface area contributed by atoms with Crippen LogP contribution < -0.4 is 0 Å². The SMILES string of the molecule is S=c1cc(-c2ccccc2)nc2cc[nH]n12. The summed E-state index contributed by atoms with van der Waals surface area (Å²) in [6.07, 6.45) is 1.83. The maximum Gasteiger partial charge on any atom is 0.154 e. The minimum atomic E-state index is 0.730. The van der Waals surface area contributed by atoms with Gasteiger partial charge in [-0.05, 0) is 0 Å². The van der Waals surface area contributed by atoms with E-state index in [0.717, 1.165) is 21.5 Å². The Bertz CT molecular complexity index is 682. The summed E-state index contributed by atoms with van der Waals surface area (Å²) in [5, 5.41) is 3.02. The standard InChI is InChI=1S/C12H9N3S/c16-12-8-10(9-4-2-1-3-5-9)14-11-6-7-13-15(11)12/h1-8,13H. The zero-order valence-electron chi connectivity index (χ0n) is 8.42. The van der Waals surface area contributed by atoms with E-state index in [4.69, 9.17) is 12.2 Å². The zero-order valence-corrected chi connectivity index (χ0v) is 9.24. The van der Waals surface area contributed by atoms with Crippen molar-refractivity contribution in [2.24, 2.45) is 0 Å². The third-order valence-corrected chi connectivity index (χ3v) is 2.75. The van der Waals surface area contributed by atoms with Gasteiger partial charge in [0, 0.05) is 23.9 Å². The lowest BCUT2D eigenvalue weighted by Crippen LogP contribution is -1.93. The van der Waals surface area contributed by atoms with Gasteiger partial charge in [-0.25, -0.2) is 9.50 Å². The summed E-state index contributed by atoms with van der Waals surface area (Å²) in [6, 6.07) is 13.8. The Morgan fingerprint density at radius 1 is 1.12 bits per heavy atom. The fraction of sp³-hybridized carbons (Fsp3) is 0. The second-order valence-corrected chi connectivity index (χ2v) is 3.92. The van der Waals surface area contributed by atoms with Gasteiger partial charge in [0.25, 0.3) is 0 Å². The molecule has 3 aromatic rings. The van der Waals surface area contributed by atoms with Gasteiger partial charge in [0.15, 0.2) is 5.65 Å². The normalized spacial score (nSPS) is 10.8. The number of hydrogen-bond donors (Lipinski definition) is 1. The first kappa shape index (κ1) is 9.30. The number of nitrogens with one attached hydrogen (secondary N) is 1. The average Bonchev–Trinajstić information content (AvgIpc) is 2.79. The summed E-state index contributed by atoms with van der Waals surface area (Å²) in [5.74, 6) is 0. The van der Waals surface area contributed by atoms with Gasteiger partial charge in [0.1, 0.15) is 4.64 Å². The van der Waals surface area contributed by atoms with E-state index in [1.54, 1.807) is 4.52 Å². The molecule has 3 rings (SSSR count). The molecule has 0 atom stereocenters. The van der Waals surface area contributed by atoms with E-state index in [0.29, 0.717) is 0 Å². The van der Waals surface area contributed by atoms with Gasteiger partial charge in [-0.15, -0.1) is 0 Å². The second kappa shape index (κ2) is 3.57. The molecule has 16 heavy (non-hydrogen) atoms. The molecule has 1 aromatic carbocycles. The molecular formula is C12H9N3S. The maximum absolute atomic E-state index is 5.29. The highest BCUT2D eigenvalue weighted by molar-refractivity contribution is 7.71. The summed E-state index contributed by atoms with van der Waals surface area (Å²) in [5.41, 5.74) is 2.83. The Kier molecular flexibility index (Phi) is 2.08. The molecule has 78 valence electrons. The predicted octanol–water partition coefficient (Wildman–Crippen LogP) is 3.06. The lowest BCUT2D eigenvalue weighted by atomic mass is 10.1. The molecule has 3 nitrogen and oxygen atoms in total. The maximum atomic E-state index is 5.29. The predicted molar refractivity (Wildman–Crippen MR) is 65.8 cm³/mol. The average molecular weight is 227 g/mol. The molecule has 0 amide bonds. The van der Waals surface area contributed by atoms with Crippen LogP contribution in [0.1, 0.15) is 0 Å². The van der Waals surface area contributed by atoms with Crippen molar-refractivity contribution in [2.45, 2.75) is 0 Å². The number of aromatic amines is 1. The number of nitrogens with zero attached hydrogens (tertiary/aromatic N) is 2. The molecule has 0 aliphatic rings. The molecule has 0 fully saturated rings. The summed E-state index contributed by atoms with van der Waals surface area (Å²) in [7, 11) is 0. The van der Waals surface area contributed by atoms with E-state index in [2.05, 4.69) is 10.1 Å². The minimum Gasteiger partial charge on any atom is -0.299 e. The Morgan fingerprint density at radius 2 is 1.94 bits per heavy atom. The zero-order chi connectivity index (χ0) is 11.0. The first-order valence-corrected chi connectivity index (χ1v) is 5.38. The van der Waals surface area contributed by atoms with Crippen LogP contribution in [0.2, 0.25) is 0 Å². The molecule has 0 saturated carbocycles. The minimum absolute atomic E-state index is 0.730. The third-order valence-electron chi connectivity index (χ3n) is 2.45. The van der Waals surface area contributed by atoms with Crippen molar-refractivity contribution in [2.75, 3.05) is 0 Å². The number of rotatable bonds is 1.